The van der Waals surface area contributed by atoms with Gasteiger partial charge in [-0.15, -0.1) is 0 Å². The second kappa shape index (κ2) is 7.54. The van der Waals surface area contributed by atoms with Crippen LogP contribution in [0.2, 0.25) is 0 Å². The van der Waals surface area contributed by atoms with Gasteiger partial charge in [0.05, 0.1) is 0 Å². The fourth-order valence-electron chi connectivity index (χ4n) is 2.72. The van der Waals surface area contributed by atoms with E-state index in [1.807, 2.05) is 32.4 Å². The van der Waals surface area contributed by atoms with Gasteiger partial charge in [0.1, 0.15) is 11.6 Å². The van der Waals surface area contributed by atoms with Crippen molar-refractivity contribution in [2.75, 3.05) is 6.54 Å². The number of carbonyl (C=O) groups is 1. The molecule has 0 saturated heterocycles. The van der Waals surface area contributed by atoms with Crippen molar-refractivity contribution in [1.82, 2.24) is 25.4 Å². The molecule has 2 N–H and O–H groups in total. The Bertz CT molecular complexity index is 467. The summed E-state index contributed by atoms with van der Waals surface area (Å²) < 4.78 is 1.95. The fraction of sp³-hybridized carbons (Fsp3) is 0.800. The second-order valence-corrected chi connectivity index (χ2v) is 6.41. The first-order valence-corrected chi connectivity index (χ1v) is 7.60. The van der Waals surface area contributed by atoms with E-state index in [9.17, 15) is 4.79 Å². The van der Waals surface area contributed by atoms with Gasteiger partial charge in [-0.25, -0.2) is 4.98 Å². The maximum Gasteiger partial charge on any atom is 0.217 e. The molecule has 1 unspecified atom stereocenters. The summed E-state index contributed by atoms with van der Waals surface area (Å²) in [5.74, 6) is 1.81. The molecule has 0 aliphatic rings. The van der Waals surface area contributed by atoms with Gasteiger partial charge in [-0.2, -0.15) is 5.10 Å². The van der Waals surface area contributed by atoms with Gasteiger partial charge in [0.2, 0.25) is 5.91 Å². The van der Waals surface area contributed by atoms with Gasteiger partial charge in [0.15, 0.2) is 0 Å². The minimum absolute atomic E-state index is 0.0178. The summed E-state index contributed by atoms with van der Waals surface area (Å²) in [7, 11) is 0. The lowest BCUT2D eigenvalue weighted by Gasteiger charge is -2.29. The van der Waals surface area contributed by atoms with E-state index >= 15 is 0 Å². The Morgan fingerprint density at radius 1 is 1.38 bits per heavy atom. The molecule has 1 rings (SSSR count). The predicted molar refractivity (Wildman–Crippen MR) is 84.1 cm³/mol. The SMILES string of the molecule is CC(=O)NC(C)(C)CC(C)NCCCn1nc(C)nc1C. The standard InChI is InChI=1S/C15H29N5O/c1-11(10-15(5,6)18-14(4)21)16-8-7-9-20-13(3)17-12(2)19-20/h11,16H,7-10H2,1-6H3,(H,18,21). The molecule has 120 valence electrons. The zero-order chi connectivity index (χ0) is 16.0. The molecule has 0 aliphatic heterocycles. The Morgan fingerprint density at radius 3 is 2.57 bits per heavy atom. The van der Waals surface area contributed by atoms with E-state index in [1.165, 1.54) is 0 Å². The number of nitrogens with zero attached hydrogens (tertiary/aromatic N) is 3. The monoisotopic (exact) mass is 295 g/mol. The summed E-state index contributed by atoms with van der Waals surface area (Å²) in [5, 5.41) is 10.8. The number of nitrogens with one attached hydrogen (secondary N) is 2. The topological polar surface area (TPSA) is 71.8 Å². The average molecular weight is 295 g/mol. The van der Waals surface area contributed by atoms with Gasteiger partial charge in [-0.1, -0.05) is 0 Å². The molecule has 0 fully saturated rings. The maximum atomic E-state index is 11.1. The highest BCUT2D eigenvalue weighted by Gasteiger charge is 2.21. The molecule has 6 heteroatoms. The van der Waals surface area contributed by atoms with E-state index < -0.39 is 0 Å². The summed E-state index contributed by atoms with van der Waals surface area (Å²) in [6, 6.07) is 0.352. The molecule has 1 atom stereocenters. The van der Waals surface area contributed by atoms with Gasteiger partial charge in [0, 0.05) is 25.0 Å². The van der Waals surface area contributed by atoms with Crippen molar-refractivity contribution < 1.29 is 4.79 Å². The van der Waals surface area contributed by atoms with E-state index in [4.69, 9.17) is 0 Å². The number of carbonyl (C=O) groups excluding carboxylic acids is 1. The molecule has 0 aromatic carbocycles. The fourth-order valence-corrected chi connectivity index (χ4v) is 2.72. The van der Waals surface area contributed by atoms with Crippen LogP contribution in [-0.4, -0.2) is 38.8 Å². The third-order valence-electron chi connectivity index (χ3n) is 3.33. The third kappa shape index (κ3) is 6.71. The van der Waals surface area contributed by atoms with E-state index in [0.717, 1.165) is 37.6 Å². The highest BCUT2D eigenvalue weighted by atomic mass is 16.1. The van der Waals surface area contributed by atoms with Gasteiger partial charge >= 0.3 is 0 Å². The highest BCUT2D eigenvalue weighted by Crippen LogP contribution is 2.11. The van der Waals surface area contributed by atoms with Crippen LogP contribution in [0.4, 0.5) is 0 Å². The van der Waals surface area contributed by atoms with E-state index in [0.29, 0.717) is 6.04 Å². The first kappa shape index (κ1) is 17.6. The molecule has 1 amide bonds. The van der Waals surface area contributed by atoms with Crippen LogP contribution in [0.3, 0.4) is 0 Å². The van der Waals surface area contributed by atoms with Crippen LogP contribution in [0.25, 0.3) is 0 Å². The minimum Gasteiger partial charge on any atom is -0.351 e. The summed E-state index contributed by atoms with van der Waals surface area (Å²) in [6.07, 6.45) is 1.91. The third-order valence-corrected chi connectivity index (χ3v) is 3.33. The molecule has 1 aromatic heterocycles. The second-order valence-electron chi connectivity index (χ2n) is 6.41. The number of amides is 1. The van der Waals surface area contributed by atoms with Crippen LogP contribution in [0, 0.1) is 13.8 Å². The average Bonchev–Trinajstić information content (AvgIpc) is 2.60. The summed E-state index contributed by atoms with van der Waals surface area (Å²) in [4.78, 5) is 15.4. The van der Waals surface area contributed by atoms with Gasteiger partial charge in [-0.3, -0.25) is 9.48 Å². The first-order valence-electron chi connectivity index (χ1n) is 7.60. The molecule has 6 nitrogen and oxygen atoms in total. The van der Waals surface area contributed by atoms with Crippen molar-refractivity contribution in [3.05, 3.63) is 11.6 Å². The lowest BCUT2D eigenvalue weighted by Crippen LogP contribution is -2.46. The summed E-state index contributed by atoms with van der Waals surface area (Å²) in [5.41, 5.74) is -0.183. The van der Waals surface area contributed by atoms with Crippen molar-refractivity contribution in [3.63, 3.8) is 0 Å². The number of hydrogen-bond donors (Lipinski definition) is 2. The Balaban J connectivity index is 2.26. The molecular weight excluding hydrogens is 266 g/mol. The van der Waals surface area contributed by atoms with Crippen LogP contribution in [0.5, 0.6) is 0 Å². The molecule has 1 heterocycles. The number of aryl methyl sites for hydroxylation is 3. The quantitative estimate of drug-likeness (QED) is 0.714. The van der Waals surface area contributed by atoms with E-state index in [-0.39, 0.29) is 11.4 Å². The van der Waals surface area contributed by atoms with E-state index in [1.54, 1.807) is 6.92 Å². The Labute approximate surface area is 127 Å². The Hall–Kier alpha value is -1.43. The normalized spacial score (nSPS) is 13.2. The lowest BCUT2D eigenvalue weighted by atomic mass is 9.96. The molecule has 0 bridgehead atoms. The minimum atomic E-state index is -0.183. The predicted octanol–water partition coefficient (Wildman–Crippen LogP) is 1.57. The van der Waals surface area contributed by atoms with E-state index in [2.05, 4.69) is 27.6 Å². The van der Waals surface area contributed by atoms with Crippen molar-refractivity contribution in [3.8, 4) is 0 Å². The largest absolute Gasteiger partial charge is 0.351 e. The van der Waals surface area contributed by atoms with Crippen molar-refractivity contribution in [2.24, 2.45) is 0 Å². The zero-order valence-corrected chi connectivity index (χ0v) is 14.2. The highest BCUT2D eigenvalue weighted by molar-refractivity contribution is 5.73. The van der Waals surface area contributed by atoms with Crippen LogP contribution < -0.4 is 10.6 Å². The van der Waals surface area contributed by atoms with Crippen molar-refractivity contribution in [2.45, 2.75) is 72.5 Å². The van der Waals surface area contributed by atoms with Gasteiger partial charge < -0.3 is 10.6 Å². The maximum absolute atomic E-state index is 11.1. The summed E-state index contributed by atoms with van der Waals surface area (Å²) in [6.45, 7) is 13.5. The Morgan fingerprint density at radius 2 is 2.05 bits per heavy atom. The van der Waals surface area contributed by atoms with Crippen LogP contribution in [0.15, 0.2) is 0 Å². The van der Waals surface area contributed by atoms with Crippen LogP contribution in [0.1, 0.15) is 52.2 Å². The molecule has 0 spiro atoms. The first-order chi connectivity index (χ1) is 9.69. The number of aromatic nitrogens is 3. The smallest absolute Gasteiger partial charge is 0.217 e. The number of hydrogen-bond acceptors (Lipinski definition) is 4. The summed E-state index contributed by atoms with van der Waals surface area (Å²) >= 11 is 0. The van der Waals surface area contributed by atoms with Gasteiger partial charge in [-0.05, 0) is 54.0 Å². The van der Waals surface area contributed by atoms with Crippen molar-refractivity contribution in [1.29, 1.82) is 0 Å². The molecule has 0 aliphatic carbocycles. The van der Waals surface area contributed by atoms with Crippen LogP contribution >= 0.6 is 0 Å². The Kier molecular flexibility index (Phi) is 6.33. The molecule has 0 saturated carbocycles. The van der Waals surface area contributed by atoms with Crippen molar-refractivity contribution >= 4 is 5.91 Å². The van der Waals surface area contributed by atoms with Crippen LogP contribution in [-0.2, 0) is 11.3 Å². The zero-order valence-electron chi connectivity index (χ0n) is 14.2. The molecule has 1 aromatic rings. The molecule has 0 radical (unpaired) electrons. The molecular formula is C15H29N5O. The number of rotatable bonds is 8. The molecule has 21 heavy (non-hydrogen) atoms. The van der Waals surface area contributed by atoms with Gasteiger partial charge in [0.25, 0.3) is 0 Å². The lowest BCUT2D eigenvalue weighted by molar-refractivity contribution is -0.120.